The van der Waals surface area contributed by atoms with Gasteiger partial charge >= 0.3 is 0 Å². The second kappa shape index (κ2) is 4.43. The van der Waals surface area contributed by atoms with Crippen molar-refractivity contribution in [3.05, 3.63) is 47.5 Å². The van der Waals surface area contributed by atoms with Crippen LogP contribution in [-0.2, 0) is 12.8 Å². The molecule has 14 heavy (non-hydrogen) atoms. The Morgan fingerprint density at radius 2 is 1.93 bits per heavy atom. The van der Waals surface area contributed by atoms with Crippen molar-refractivity contribution in [2.45, 2.75) is 25.8 Å². The molecule has 74 valence electrons. The first-order chi connectivity index (χ1) is 6.88. The van der Waals surface area contributed by atoms with Gasteiger partial charge in [-0.1, -0.05) is 43.3 Å². The lowest BCUT2D eigenvalue weighted by Gasteiger charge is -2.09. The molecule has 1 N–H and O–H groups in total. The Balaban J connectivity index is 1.99. The minimum atomic E-state index is 0.544. The minimum absolute atomic E-state index is 0.544. The number of aryl methyl sites for hydroxylation is 1. The summed E-state index contributed by atoms with van der Waals surface area (Å²) in [5.74, 6) is 0. The molecule has 1 atom stereocenters. The standard InChI is InChI=1S/C13H17N/c1-2-11-5-7-12(8-6-11)10-13-4-3-9-14-13/h3-8,13-14H,2,9-10H2,1H3. The molecule has 1 heteroatoms. The van der Waals surface area contributed by atoms with Crippen LogP contribution in [0.2, 0.25) is 0 Å². The summed E-state index contributed by atoms with van der Waals surface area (Å²) in [6.45, 7) is 3.22. The predicted molar refractivity (Wildman–Crippen MR) is 60.5 cm³/mol. The van der Waals surface area contributed by atoms with Crippen LogP contribution in [0.25, 0.3) is 0 Å². The lowest BCUT2D eigenvalue weighted by atomic mass is 10.0. The summed E-state index contributed by atoms with van der Waals surface area (Å²) in [6, 6.07) is 9.49. The summed E-state index contributed by atoms with van der Waals surface area (Å²) in [4.78, 5) is 0. The van der Waals surface area contributed by atoms with Crippen LogP contribution < -0.4 is 5.32 Å². The fourth-order valence-corrected chi connectivity index (χ4v) is 1.82. The van der Waals surface area contributed by atoms with Gasteiger partial charge in [0.15, 0.2) is 0 Å². The zero-order chi connectivity index (χ0) is 9.80. The lowest BCUT2D eigenvalue weighted by molar-refractivity contribution is 0.665. The van der Waals surface area contributed by atoms with Gasteiger partial charge in [-0.2, -0.15) is 0 Å². The van der Waals surface area contributed by atoms with Crippen molar-refractivity contribution < 1.29 is 0 Å². The third kappa shape index (κ3) is 2.24. The number of rotatable bonds is 3. The summed E-state index contributed by atoms with van der Waals surface area (Å²) in [7, 11) is 0. The summed E-state index contributed by atoms with van der Waals surface area (Å²) in [5, 5.41) is 3.42. The van der Waals surface area contributed by atoms with E-state index in [9.17, 15) is 0 Å². The summed E-state index contributed by atoms with van der Waals surface area (Å²) >= 11 is 0. The van der Waals surface area contributed by atoms with E-state index in [0.29, 0.717) is 6.04 Å². The first-order valence-corrected chi connectivity index (χ1v) is 5.36. The molecule has 1 aromatic carbocycles. The van der Waals surface area contributed by atoms with Crippen molar-refractivity contribution >= 4 is 0 Å². The molecule has 2 rings (SSSR count). The molecular formula is C13H17N. The van der Waals surface area contributed by atoms with Crippen LogP contribution in [-0.4, -0.2) is 12.6 Å². The van der Waals surface area contributed by atoms with E-state index in [1.807, 2.05) is 0 Å². The van der Waals surface area contributed by atoms with Gasteiger partial charge in [-0.05, 0) is 24.0 Å². The van der Waals surface area contributed by atoms with Gasteiger partial charge < -0.3 is 5.32 Å². The smallest absolute Gasteiger partial charge is 0.0293 e. The first-order valence-electron chi connectivity index (χ1n) is 5.36. The second-order valence-corrected chi connectivity index (χ2v) is 3.82. The Labute approximate surface area is 85.8 Å². The Hall–Kier alpha value is -1.08. The average molecular weight is 187 g/mol. The highest BCUT2D eigenvalue weighted by Crippen LogP contribution is 2.09. The summed E-state index contributed by atoms with van der Waals surface area (Å²) in [6.07, 6.45) is 6.70. The molecule has 1 nitrogen and oxygen atoms in total. The monoisotopic (exact) mass is 187 g/mol. The maximum absolute atomic E-state index is 3.42. The van der Waals surface area contributed by atoms with Gasteiger partial charge in [0.25, 0.3) is 0 Å². The van der Waals surface area contributed by atoms with Crippen molar-refractivity contribution in [1.29, 1.82) is 0 Å². The zero-order valence-corrected chi connectivity index (χ0v) is 8.66. The fraction of sp³-hybridized carbons (Fsp3) is 0.385. The Morgan fingerprint density at radius 1 is 1.21 bits per heavy atom. The van der Waals surface area contributed by atoms with Gasteiger partial charge in [-0.15, -0.1) is 0 Å². The first kappa shape index (κ1) is 9.47. The van der Waals surface area contributed by atoms with Crippen molar-refractivity contribution in [3.63, 3.8) is 0 Å². The van der Waals surface area contributed by atoms with E-state index in [4.69, 9.17) is 0 Å². The van der Waals surface area contributed by atoms with E-state index in [1.54, 1.807) is 0 Å². The van der Waals surface area contributed by atoms with Crippen LogP contribution in [0.5, 0.6) is 0 Å². The van der Waals surface area contributed by atoms with Crippen molar-refractivity contribution in [3.8, 4) is 0 Å². The van der Waals surface area contributed by atoms with E-state index >= 15 is 0 Å². The fourth-order valence-electron chi connectivity index (χ4n) is 1.82. The number of benzene rings is 1. The van der Waals surface area contributed by atoms with E-state index in [0.717, 1.165) is 19.4 Å². The molecule has 0 saturated heterocycles. The Kier molecular flexibility index (Phi) is 3.00. The molecular weight excluding hydrogens is 170 g/mol. The van der Waals surface area contributed by atoms with Crippen LogP contribution in [0.3, 0.4) is 0 Å². The SMILES string of the molecule is CCc1ccc(CC2C=CCN2)cc1. The molecule has 0 amide bonds. The second-order valence-electron chi connectivity index (χ2n) is 3.82. The van der Waals surface area contributed by atoms with E-state index in [1.165, 1.54) is 11.1 Å². The van der Waals surface area contributed by atoms with Gasteiger partial charge in [0, 0.05) is 12.6 Å². The molecule has 0 bridgehead atoms. The highest BCUT2D eigenvalue weighted by molar-refractivity contribution is 5.24. The molecule has 0 spiro atoms. The normalized spacial score (nSPS) is 20.2. The topological polar surface area (TPSA) is 12.0 Å². The number of hydrogen-bond acceptors (Lipinski definition) is 1. The Morgan fingerprint density at radius 3 is 2.50 bits per heavy atom. The number of hydrogen-bond donors (Lipinski definition) is 1. The van der Waals surface area contributed by atoms with Gasteiger partial charge in [0.2, 0.25) is 0 Å². The summed E-state index contributed by atoms with van der Waals surface area (Å²) < 4.78 is 0. The molecule has 1 unspecified atom stereocenters. The number of nitrogens with one attached hydrogen (secondary N) is 1. The molecule has 0 saturated carbocycles. The lowest BCUT2D eigenvalue weighted by Crippen LogP contribution is -2.24. The third-order valence-corrected chi connectivity index (χ3v) is 2.75. The van der Waals surface area contributed by atoms with Crippen molar-refractivity contribution in [2.75, 3.05) is 6.54 Å². The van der Waals surface area contributed by atoms with E-state index < -0.39 is 0 Å². The van der Waals surface area contributed by atoms with Crippen LogP contribution in [0.4, 0.5) is 0 Å². The van der Waals surface area contributed by atoms with Crippen LogP contribution in [0.1, 0.15) is 18.1 Å². The van der Waals surface area contributed by atoms with Crippen LogP contribution in [0, 0.1) is 0 Å². The maximum atomic E-state index is 3.42. The third-order valence-electron chi connectivity index (χ3n) is 2.75. The van der Waals surface area contributed by atoms with Crippen LogP contribution in [0.15, 0.2) is 36.4 Å². The Bertz CT molecular complexity index is 311. The highest BCUT2D eigenvalue weighted by Gasteiger charge is 2.08. The molecule has 1 aromatic rings. The van der Waals surface area contributed by atoms with E-state index in [2.05, 4.69) is 48.7 Å². The quantitative estimate of drug-likeness (QED) is 0.716. The molecule has 0 aromatic heterocycles. The molecule has 0 aliphatic carbocycles. The molecule has 1 aliphatic heterocycles. The van der Waals surface area contributed by atoms with Crippen molar-refractivity contribution in [2.24, 2.45) is 0 Å². The maximum Gasteiger partial charge on any atom is 0.0293 e. The molecule has 0 radical (unpaired) electrons. The zero-order valence-electron chi connectivity index (χ0n) is 8.66. The van der Waals surface area contributed by atoms with Gasteiger partial charge in [-0.25, -0.2) is 0 Å². The van der Waals surface area contributed by atoms with Crippen LogP contribution >= 0.6 is 0 Å². The van der Waals surface area contributed by atoms with Gasteiger partial charge in [0.1, 0.15) is 0 Å². The molecule has 0 fully saturated rings. The van der Waals surface area contributed by atoms with E-state index in [-0.39, 0.29) is 0 Å². The predicted octanol–water partition coefficient (Wildman–Crippen LogP) is 2.32. The summed E-state index contributed by atoms with van der Waals surface area (Å²) in [5.41, 5.74) is 2.84. The van der Waals surface area contributed by atoms with Gasteiger partial charge in [0.05, 0.1) is 0 Å². The average Bonchev–Trinajstić information content (AvgIpc) is 2.72. The highest BCUT2D eigenvalue weighted by atomic mass is 14.9. The van der Waals surface area contributed by atoms with Gasteiger partial charge in [-0.3, -0.25) is 0 Å². The molecule has 1 heterocycles. The van der Waals surface area contributed by atoms with Crippen molar-refractivity contribution in [1.82, 2.24) is 5.32 Å². The largest absolute Gasteiger partial charge is 0.307 e. The molecule has 1 aliphatic rings. The minimum Gasteiger partial charge on any atom is -0.307 e.